The lowest BCUT2D eigenvalue weighted by molar-refractivity contribution is -0.117. The van der Waals surface area contributed by atoms with E-state index in [4.69, 9.17) is 4.74 Å². The quantitative estimate of drug-likeness (QED) is 0.679. The lowest BCUT2D eigenvalue weighted by Gasteiger charge is -2.17. The van der Waals surface area contributed by atoms with Crippen LogP contribution in [-0.4, -0.2) is 12.5 Å². The van der Waals surface area contributed by atoms with E-state index in [-0.39, 0.29) is 17.8 Å². The van der Waals surface area contributed by atoms with Crippen LogP contribution in [-0.2, 0) is 4.79 Å². The van der Waals surface area contributed by atoms with Crippen LogP contribution in [0.3, 0.4) is 0 Å². The highest BCUT2D eigenvalue weighted by molar-refractivity contribution is 5.88. The lowest BCUT2D eigenvalue weighted by atomic mass is 10.0. The number of hydrogen-bond donors (Lipinski definition) is 1. The van der Waals surface area contributed by atoms with E-state index in [1.807, 2.05) is 13.0 Å². The number of allylic oxidation sites excluding steroid dienone is 3. The van der Waals surface area contributed by atoms with E-state index < -0.39 is 0 Å². The Morgan fingerprint density at radius 2 is 2.30 bits per heavy atom. The molecule has 2 rings (SSSR count). The molecule has 106 valence electrons. The monoisotopic (exact) mass is 275 g/mol. The number of hydrogen-bond acceptors (Lipinski definition) is 2. The molecule has 0 bridgehead atoms. The first-order chi connectivity index (χ1) is 9.70. The van der Waals surface area contributed by atoms with Crippen molar-refractivity contribution in [3.05, 3.63) is 53.9 Å². The molecule has 0 aliphatic carbocycles. The number of nitrogens with one attached hydrogen (secondary N) is 1. The number of amides is 1. The standard InChI is InChI=1S/C16H18FNO2/c1-2-3-4-7-16(19)18-14-6-5-10-20-15-9-8-12(17)11-13(14)15/h2-4,7-9,11,14H,5-6,10H2,1H3,(H,18,19)/b3-2+,7-4+. The van der Waals surface area contributed by atoms with E-state index >= 15 is 0 Å². The van der Waals surface area contributed by atoms with Gasteiger partial charge >= 0.3 is 0 Å². The van der Waals surface area contributed by atoms with E-state index in [0.717, 1.165) is 12.8 Å². The van der Waals surface area contributed by atoms with Crippen molar-refractivity contribution in [1.29, 1.82) is 0 Å². The fraction of sp³-hybridized carbons (Fsp3) is 0.312. The van der Waals surface area contributed by atoms with Crippen molar-refractivity contribution in [2.45, 2.75) is 25.8 Å². The molecule has 1 aliphatic heterocycles. The first-order valence-electron chi connectivity index (χ1n) is 6.73. The summed E-state index contributed by atoms with van der Waals surface area (Å²) in [5, 5.41) is 2.89. The Kier molecular flexibility index (Phi) is 4.93. The molecule has 20 heavy (non-hydrogen) atoms. The molecule has 1 unspecified atom stereocenters. The van der Waals surface area contributed by atoms with Crippen LogP contribution in [0.1, 0.15) is 31.4 Å². The van der Waals surface area contributed by atoms with Gasteiger partial charge < -0.3 is 10.1 Å². The molecule has 1 amide bonds. The minimum Gasteiger partial charge on any atom is -0.493 e. The SMILES string of the molecule is C/C=C/C=C/C(=O)NC1CCCOc2ccc(F)cc21. The number of benzene rings is 1. The maximum absolute atomic E-state index is 13.4. The Hall–Kier alpha value is -2.10. The summed E-state index contributed by atoms with van der Waals surface area (Å²) in [6.45, 7) is 2.46. The Balaban J connectivity index is 2.16. The van der Waals surface area contributed by atoms with Gasteiger partial charge in [-0.3, -0.25) is 4.79 Å². The first kappa shape index (κ1) is 14.3. The van der Waals surface area contributed by atoms with Crippen LogP contribution in [0.2, 0.25) is 0 Å². The second-order valence-electron chi connectivity index (χ2n) is 4.62. The molecule has 1 aromatic carbocycles. The Morgan fingerprint density at radius 1 is 1.45 bits per heavy atom. The van der Waals surface area contributed by atoms with Gasteiger partial charge in [0.05, 0.1) is 12.6 Å². The summed E-state index contributed by atoms with van der Waals surface area (Å²) in [6.07, 6.45) is 8.32. The van der Waals surface area contributed by atoms with E-state index in [2.05, 4.69) is 5.32 Å². The topological polar surface area (TPSA) is 38.3 Å². The van der Waals surface area contributed by atoms with Crippen molar-refractivity contribution in [2.24, 2.45) is 0 Å². The summed E-state index contributed by atoms with van der Waals surface area (Å²) in [5.74, 6) is 0.134. The Morgan fingerprint density at radius 3 is 3.10 bits per heavy atom. The third-order valence-electron chi connectivity index (χ3n) is 3.11. The van der Waals surface area contributed by atoms with E-state index in [1.165, 1.54) is 18.2 Å². The Labute approximate surface area is 118 Å². The molecular formula is C16H18FNO2. The largest absolute Gasteiger partial charge is 0.493 e. The van der Waals surface area contributed by atoms with Gasteiger partial charge in [-0.15, -0.1) is 0 Å². The summed E-state index contributed by atoms with van der Waals surface area (Å²) in [6, 6.07) is 4.20. The molecule has 0 spiro atoms. The third kappa shape index (κ3) is 3.70. The van der Waals surface area contributed by atoms with Crippen LogP contribution in [0.4, 0.5) is 4.39 Å². The number of halogens is 1. The van der Waals surface area contributed by atoms with Crippen LogP contribution < -0.4 is 10.1 Å². The molecule has 0 aromatic heterocycles. The van der Waals surface area contributed by atoms with Gasteiger partial charge in [0.25, 0.3) is 0 Å². The van der Waals surface area contributed by atoms with Gasteiger partial charge in [0, 0.05) is 11.6 Å². The molecule has 1 aromatic rings. The predicted octanol–water partition coefficient (Wildman–Crippen LogP) is 3.29. The van der Waals surface area contributed by atoms with Crippen molar-refractivity contribution in [2.75, 3.05) is 6.61 Å². The average molecular weight is 275 g/mol. The van der Waals surface area contributed by atoms with Crippen LogP contribution in [0.15, 0.2) is 42.5 Å². The molecule has 1 heterocycles. The molecule has 0 radical (unpaired) electrons. The molecular weight excluding hydrogens is 257 g/mol. The number of carbonyl (C=O) groups is 1. The molecule has 3 nitrogen and oxygen atoms in total. The van der Waals surface area contributed by atoms with Crippen LogP contribution in [0, 0.1) is 5.82 Å². The van der Waals surface area contributed by atoms with Crippen molar-refractivity contribution < 1.29 is 13.9 Å². The maximum Gasteiger partial charge on any atom is 0.244 e. The zero-order valence-electron chi connectivity index (χ0n) is 11.4. The number of ether oxygens (including phenoxy) is 1. The average Bonchev–Trinajstić information content (AvgIpc) is 2.62. The normalized spacial score (nSPS) is 18.6. The molecule has 0 fully saturated rings. The number of fused-ring (bicyclic) bond motifs is 1. The highest BCUT2D eigenvalue weighted by Gasteiger charge is 2.21. The number of rotatable bonds is 3. The zero-order valence-corrected chi connectivity index (χ0v) is 11.4. The third-order valence-corrected chi connectivity index (χ3v) is 3.11. The van der Waals surface area contributed by atoms with Crippen molar-refractivity contribution in [1.82, 2.24) is 5.32 Å². The minimum absolute atomic E-state index is 0.190. The van der Waals surface area contributed by atoms with Crippen LogP contribution >= 0.6 is 0 Å². The van der Waals surface area contributed by atoms with Crippen molar-refractivity contribution in [3.63, 3.8) is 0 Å². The number of carbonyl (C=O) groups excluding carboxylic acids is 1. The molecule has 1 atom stereocenters. The fourth-order valence-electron chi connectivity index (χ4n) is 2.17. The smallest absolute Gasteiger partial charge is 0.244 e. The fourth-order valence-corrected chi connectivity index (χ4v) is 2.17. The van der Waals surface area contributed by atoms with Gasteiger partial charge in [-0.05, 0) is 38.0 Å². The van der Waals surface area contributed by atoms with Gasteiger partial charge in [-0.2, -0.15) is 0 Å². The van der Waals surface area contributed by atoms with Gasteiger partial charge in [0.2, 0.25) is 5.91 Å². The van der Waals surface area contributed by atoms with Gasteiger partial charge in [0.1, 0.15) is 11.6 Å². The molecule has 4 heteroatoms. The minimum atomic E-state index is -0.321. The highest BCUT2D eigenvalue weighted by atomic mass is 19.1. The first-order valence-corrected chi connectivity index (χ1v) is 6.73. The van der Waals surface area contributed by atoms with Crippen molar-refractivity contribution in [3.8, 4) is 5.75 Å². The van der Waals surface area contributed by atoms with Crippen molar-refractivity contribution >= 4 is 5.91 Å². The van der Waals surface area contributed by atoms with E-state index in [9.17, 15) is 9.18 Å². The predicted molar refractivity (Wildman–Crippen MR) is 76.0 cm³/mol. The maximum atomic E-state index is 13.4. The van der Waals surface area contributed by atoms with E-state index in [0.29, 0.717) is 17.9 Å². The highest BCUT2D eigenvalue weighted by Crippen LogP contribution is 2.31. The molecule has 0 saturated heterocycles. The Bertz CT molecular complexity index is 537. The van der Waals surface area contributed by atoms with Gasteiger partial charge in [0.15, 0.2) is 0 Å². The summed E-state index contributed by atoms with van der Waals surface area (Å²) in [4.78, 5) is 11.8. The second kappa shape index (κ2) is 6.89. The summed E-state index contributed by atoms with van der Waals surface area (Å²) >= 11 is 0. The van der Waals surface area contributed by atoms with Crippen LogP contribution in [0.5, 0.6) is 5.75 Å². The van der Waals surface area contributed by atoms with Crippen LogP contribution in [0.25, 0.3) is 0 Å². The second-order valence-corrected chi connectivity index (χ2v) is 4.62. The zero-order chi connectivity index (χ0) is 14.4. The summed E-state index contributed by atoms with van der Waals surface area (Å²) in [7, 11) is 0. The van der Waals surface area contributed by atoms with E-state index in [1.54, 1.807) is 18.2 Å². The summed E-state index contributed by atoms with van der Waals surface area (Å²) < 4.78 is 19.0. The van der Waals surface area contributed by atoms with Gasteiger partial charge in [-0.1, -0.05) is 18.2 Å². The van der Waals surface area contributed by atoms with Gasteiger partial charge in [-0.25, -0.2) is 4.39 Å². The molecule has 1 aliphatic rings. The molecule has 1 N–H and O–H groups in total. The lowest BCUT2D eigenvalue weighted by Crippen LogP contribution is -2.26. The molecule has 0 saturated carbocycles. The summed E-state index contributed by atoms with van der Waals surface area (Å²) in [5.41, 5.74) is 0.704.